The molecule has 1 aliphatic heterocycles. The molecule has 0 saturated heterocycles. The van der Waals surface area contributed by atoms with Gasteiger partial charge in [-0.15, -0.1) is 5.10 Å². The molecule has 0 amide bonds. The molecule has 33 heavy (non-hydrogen) atoms. The fourth-order valence-electron chi connectivity index (χ4n) is 4.41. The van der Waals surface area contributed by atoms with Gasteiger partial charge in [-0.2, -0.15) is 4.72 Å². The lowest BCUT2D eigenvalue weighted by molar-refractivity contribution is 0.377. The number of hydrogen-bond donors (Lipinski definition) is 2. The Balaban J connectivity index is 1.76. The summed E-state index contributed by atoms with van der Waals surface area (Å²) in [6, 6.07) is 6.91. The molecule has 8 nitrogen and oxygen atoms in total. The Morgan fingerprint density at radius 3 is 2.70 bits per heavy atom. The normalized spacial score (nSPS) is 15.8. The van der Waals surface area contributed by atoms with E-state index in [9.17, 15) is 17.6 Å². The van der Waals surface area contributed by atoms with E-state index in [1.54, 1.807) is 32.0 Å². The van der Waals surface area contributed by atoms with Crippen LogP contribution in [0.4, 0.5) is 10.1 Å². The molecule has 0 bridgehead atoms. The molecule has 4 rings (SSSR count). The van der Waals surface area contributed by atoms with Gasteiger partial charge in [-0.3, -0.25) is 0 Å². The van der Waals surface area contributed by atoms with E-state index >= 15 is 0 Å². The van der Waals surface area contributed by atoms with Crippen molar-refractivity contribution in [2.24, 2.45) is 0 Å². The van der Waals surface area contributed by atoms with E-state index in [2.05, 4.69) is 14.9 Å². The Kier molecular flexibility index (Phi) is 6.15. The van der Waals surface area contributed by atoms with Crippen LogP contribution in [0, 0.1) is 19.7 Å². The number of nitrogens with zero attached hydrogens (tertiary/aromatic N) is 2. The molecule has 0 aliphatic carbocycles. The Morgan fingerprint density at radius 1 is 1.24 bits per heavy atom. The van der Waals surface area contributed by atoms with E-state index in [-0.39, 0.29) is 10.8 Å². The van der Waals surface area contributed by atoms with Crippen LogP contribution in [0.1, 0.15) is 53.4 Å². The van der Waals surface area contributed by atoms with Crippen LogP contribution in [-0.4, -0.2) is 32.2 Å². The van der Waals surface area contributed by atoms with Crippen LogP contribution < -0.4 is 15.4 Å². The highest BCUT2D eigenvalue weighted by Crippen LogP contribution is 2.36. The molecular formula is C23H27FN4O4S. The van der Waals surface area contributed by atoms with Crippen molar-refractivity contribution >= 4 is 15.7 Å². The third-order valence-electron chi connectivity index (χ3n) is 6.41. The summed E-state index contributed by atoms with van der Waals surface area (Å²) >= 11 is 0. The second-order valence-electron chi connectivity index (χ2n) is 8.56. The Labute approximate surface area is 191 Å². The zero-order valence-electron chi connectivity index (χ0n) is 19.0. The van der Waals surface area contributed by atoms with Crippen LogP contribution in [0.15, 0.2) is 44.4 Å². The Bertz CT molecular complexity index is 1350. The Hall–Kier alpha value is -2.98. The van der Waals surface area contributed by atoms with Gasteiger partial charge in [0, 0.05) is 25.2 Å². The summed E-state index contributed by atoms with van der Waals surface area (Å²) in [6.45, 7) is 6.14. The molecule has 1 aromatic heterocycles. The van der Waals surface area contributed by atoms with Gasteiger partial charge in [0.2, 0.25) is 15.9 Å². The van der Waals surface area contributed by atoms with Gasteiger partial charge in [-0.1, -0.05) is 19.1 Å². The molecule has 0 spiro atoms. The summed E-state index contributed by atoms with van der Waals surface area (Å²) < 4.78 is 49.4. The van der Waals surface area contributed by atoms with E-state index < -0.39 is 33.6 Å². The molecule has 2 aromatic carbocycles. The summed E-state index contributed by atoms with van der Waals surface area (Å²) in [4.78, 5) is 13.7. The number of anilines is 1. The van der Waals surface area contributed by atoms with Crippen LogP contribution in [0.2, 0.25) is 0 Å². The maximum Gasteiger partial charge on any atom is 0.434 e. The van der Waals surface area contributed by atoms with Gasteiger partial charge >= 0.3 is 5.76 Å². The van der Waals surface area contributed by atoms with E-state index in [1.807, 2.05) is 24.9 Å². The summed E-state index contributed by atoms with van der Waals surface area (Å²) in [5.74, 6) is -2.17. The molecule has 2 atom stereocenters. The van der Waals surface area contributed by atoms with Crippen molar-refractivity contribution in [3.63, 3.8) is 0 Å². The van der Waals surface area contributed by atoms with Crippen molar-refractivity contribution in [2.45, 2.75) is 50.5 Å². The largest absolute Gasteiger partial charge is 0.434 e. The van der Waals surface area contributed by atoms with E-state index in [0.29, 0.717) is 11.1 Å². The third-order valence-corrected chi connectivity index (χ3v) is 7.85. The SMILES string of the molecule is Cc1ccc(F)c([C@@H](C)[C@H](NS(=O)(=O)c2ccc3c(c2)N(C)CCC3)c2n[nH]c(=O)o2)c1C. The summed E-state index contributed by atoms with van der Waals surface area (Å²) in [5.41, 5.74) is 3.84. The average Bonchev–Trinajstić information content (AvgIpc) is 3.21. The van der Waals surface area contributed by atoms with Gasteiger partial charge in [0.1, 0.15) is 11.9 Å². The van der Waals surface area contributed by atoms with E-state index in [1.165, 1.54) is 6.07 Å². The molecule has 2 heterocycles. The number of nitrogens with one attached hydrogen (secondary N) is 2. The minimum Gasteiger partial charge on any atom is -0.391 e. The van der Waals surface area contributed by atoms with Crippen LogP contribution in [0.3, 0.4) is 0 Å². The quantitative estimate of drug-likeness (QED) is 0.567. The number of halogens is 1. The predicted molar refractivity (Wildman–Crippen MR) is 123 cm³/mol. The Morgan fingerprint density at radius 2 is 2.00 bits per heavy atom. The first-order valence-corrected chi connectivity index (χ1v) is 12.2. The van der Waals surface area contributed by atoms with Crippen LogP contribution in [-0.2, 0) is 16.4 Å². The summed E-state index contributed by atoms with van der Waals surface area (Å²) in [7, 11) is -2.13. The highest BCUT2D eigenvalue weighted by atomic mass is 32.2. The number of H-pyrrole nitrogens is 1. The van der Waals surface area contributed by atoms with Crippen molar-refractivity contribution < 1.29 is 17.2 Å². The highest BCUT2D eigenvalue weighted by molar-refractivity contribution is 7.89. The maximum absolute atomic E-state index is 14.8. The number of sulfonamides is 1. The molecule has 3 aromatic rings. The molecule has 0 fully saturated rings. The number of aromatic nitrogens is 2. The number of hydrogen-bond acceptors (Lipinski definition) is 6. The highest BCUT2D eigenvalue weighted by Gasteiger charge is 2.33. The van der Waals surface area contributed by atoms with Crippen molar-refractivity contribution in [3.8, 4) is 0 Å². The van der Waals surface area contributed by atoms with Crippen molar-refractivity contribution in [3.05, 3.63) is 74.8 Å². The lowest BCUT2D eigenvalue weighted by Gasteiger charge is -2.28. The molecule has 1 aliphatic rings. The third kappa shape index (κ3) is 4.45. The molecule has 2 N–H and O–H groups in total. The van der Waals surface area contributed by atoms with Gasteiger partial charge < -0.3 is 9.32 Å². The van der Waals surface area contributed by atoms with Crippen LogP contribution in [0.25, 0.3) is 0 Å². The lowest BCUT2D eigenvalue weighted by Crippen LogP contribution is -2.33. The van der Waals surface area contributed by atoms with Crippen LogP contribution >= 0.6 is 0 Å². The first-order chi connectivity index (χ1) is 15.6. The zero-order valence-corrected chi connectivity index (χ0v) is 19.8. The number of aryl methyl sites for hydroxylation is 2. The fraction of sp³-hybridized carbons (Fsp3) is 0.391. The standard InChI is InChI=1S/C23H27FN4O4S/c1-13-7-10-18(24)20(14(13)2)15(3)21(22-25-26-23(29)32-22)27-33(30,31)17-9-8-16-6-5-11-28(4)19(16)12-17/h7-10,12,15,21,27H,5-6,11H2,1-4H3,(H,26,29)/t15-,21+/m1/s1. The predicted octanol–water partition coefficient (Wildman–Crippen LogP) is 3.32. The monoisotopic (exact) mass is 474 g/mol. The maximum atomic E-state index is 14.8. The van der Waals surface area contributed by atoms with E-state index in [4.69, 9.17) is 4.42 Å². The first kappa shape index (κ1) is 23.2. The summed E-state index contributed by atoms with van der Waals surface area (Å²) in [5, 5.41) is 6.00. The van der Waals surface area contributed by atoms with Gasteiger partial charge in [-0.25, -0.2) is 22.7 Å². The number of benzene rings is 2. The second kappa shape index (κ2) is 8.75. The van der Waals surface area contributed by atoms with Crippen molar-refractivity contribution in [1.29, 1.82) is 0 Å². The molecule has 0 unspecified atom stereocenters. The molecule has 176 valence electrons. The smallest absolute Gasteiger partial charge is 0.391 e. The number of aromatic amines is 1. The molecule has 0 radical (unpaired) electrons. The first-order valence-electron chi connectivity index (χ1n) is 10.8. The minimum absolute atomic E-state index is 0.0755. The van der Waals surface area contributed by atoms with Crippen LogP contribution in [0.5, 0.6) is 0 Å². The average molecular weight is 475 g/mol. The molecule has 10 heteroatoms. The molecule has 0 saturated carbocycles. The number of fused-ring (bicyclic) bond motifs is 1. The van der Waals surface area contributed by atoms with Gasteiger partial charge in [0.15, 0.2) is 0 Å². The van der Waals surface area contributed by atoms with E-state index in [0.717, 1.165) is 36.2 Å². The zero-order chi connectivity index (χ0) is 23.9. The lowest BCUT2D eigenvalue weighted by atomic mass is 9.88. The summed E-state index contributed by atoms with van der Waals surface area (Å²) in [6.07, 6.45) is 1.89. The minimum atomic E-state index is -4.06. The second-order valence-corrected chi connectivity index (χ2v) is 10.3. The van der Waals surface area contributed by atoms with Gasteiger partial charge in [-0.05, 0) is 67.1 Å². The topological polar surface area (TPSA) is 108 Å². The van der Waals surface area contributed by atoms with Crippen molar-refractivity contribution in [1.82, 2.24) is 14.9 Å². The fourth-order valence-corrected chi connectivity index (χ4v) is 5.70. The van der Waals surface area contributed by atoms with Crippen molar-refractivity contribution in [2.75, 3.05) is 18.5 Å². The number of rotatable bonds is 6. The van der Waals surface area contributed by atoms with Gasteiger partial charge in [0.25, 0.3) is 0 Å². The molecular weight excluding hydrogens is 447 g/mol. The van der Waals surface area contributed by atoms with Gasteiger partial charge in [0.05, 0.1) is 4.90 Å².